The summed E-state index contributed by atoms with van der Waals surface area (Å²) in [6.07, 6.45) is 5.00. The van der Waals surface area contributed by atoms with Crippen molar-refractivity contribution in [3.63, 3.8) is 0 Å². The highest BCUT2D eigenvalue weighted by Gasteiger charge is 2.39. The molecular formula is C15H25N3O2. The quantitative estimate of drug-likeness (QED) is 0.923. The second-order valence-electron chi connectivity index (χ2n) is 7.08. The highest BCUT2D eigenvalue weighted by atomic mass is 16.4. The average molecular weight is 279 g/mol. The van der Waals surface area contributed by atoms with E-state index >= 15 is 0 Å². The minimum atomic E-state index is -0.662. The molecule has 5 heteroatoms. The van der Waals surface area contributed by atoms with Gasteiger partial charge in [0.2, 0.25) is 0 Å². The highest BCUT2D eigenvalue weighted by molar-refractivity contribution is 5.70. The number of nitrogens with zero attached hydrogens (tertiary/aromatic N) is 3. The first-order valence-electron chi connectivity index (χ1n) is 7.34. The summed E-state index contributed by atoms with van der Waals surface area (Å²) in [6.45, 7) is 6.74. The molecular weight excluding hydrogens is 254 g/mol. The molecule has 5 nitrogen and oxygen atoms in total. The number of carbonyl (C=O) groups is 1. The van der Waals surface area contributed by atoms with E-state index in [0.717, 1.165) is 25.1 Å². The molecule has 1 heterocycles. The van der Waals surface area contributed by atoms with E-state index in [1.165, 1.54) is 6.33 Å². The second-order valence-corrected chi connectivity index (χ2v) is 7.08. The molecule has 0 amide bonds. The molecule has 1 aliphatic rings. The van der Waals surface area contributed by atoms with Gasteiger partial charge in [-0.25, -0.2) is 4.98 Å². The Balaban J connectivity index is 2.15. The molecule has 1 fully saturated rings. The van der Waals surface area contributed by atoms with Crippen molar-refractivity contribution in [1.29, 1.82) is 0 Å². The van der Waals surface area contributed by atoms with Crippen molar-refractivity contribution in [2.75, 3.05) is 0 Å². The van der Waals surface area contributed by atoms with Crippen LogP contribution in [0.15, 0.2) is 6.33 Å². The number of hydrogen-bond donors (Lipinski definition) is 1. The second kappa shape index (κ2) is 5.54. The first kappa shape index (κ1) is 15.0. The minimum absolute atomic E-state index is 0.161. The lowest BCUT2D eigenvalue weighted by molar-refractivity contribution is -0.146. The van der Waals surface area contributed by atoms with Crippen LogP contribution in [0.2, 0.25) is 0 Å². The van der Waals surface area contributed by atoms with Crippen LogP contribution in [-0.2, 0) is 18.3 Å². The summed E-state index contributed by atoms with van der Waals surface area (Å²) < 4.78 is 1.75. The van der Waals surface area contributed by atoms with Crippen molar-refractivity contribution in [3.8, 4) is 0 Å². The van der Waals surface area contributed by atoms with Gasteiger partial charge in [0.05, 0.1) is 5.92 Å². The number of carboxylic acid groups (broad SMARTS) is 1. The topological polar surface area (TPSA) is 68.0 Å². The summed E-state index contributed by atoms with van der Waals surface area (Å²) in [4.78, 5) is 15.7. The lowest BCUT2D eigenvalue weighted by atomic mass is 9.65. The molecule has 1 aromatic heterocycles. The van der Waals surface area contributed by atoms with Gasteiger partial charge >= 0.3 is 5.97 Å². The van der Waals surface area contributed by atoms with Crippen LogP contribution in [-0.4, -0.2) is 25.8 Å². The summed E-state index contributed by atoms with van der Waals surface area (Å²) in [5, 5.41) is 13.5. The van der Waals surface area contributed by atoms with E-state index in [0.29, 0.717) is 12.3 Å². The molecule has 0 spiro atoms. The Labute approximate surface area is 120 Å². The molecule has 0 saturated heterocycles. The Bertz CT molecular complexity index is 476. The van der Waals surface area contributed by atoms with E-state index in [2.05, 4.69) is 30.9 Å². The van der Waals surface area contributed by atoms with E-state index in [9.17, 15) is 9.90 Å². The largest absolute Gasteiger partial charge is 0.481 e. The van der Waals surface area contributed by atoms with Gasteiger partial charge in [0.1, 0.15) is 12.2 Å². The number of aliphatic carboxylic acids is 1. The number of aryl methyl sites for hydroxylation is 1. The summed E-state index contributed by atoms with van der Waals surface area (Å²) >= 11 is 0. The minimum Gasteiger partial charge on any atom is -0.481 e. The fourth-order valence-electron chi connectivity index (χ4n) is 3.34. The Hall–Kier alpha value is -1.39. The van der Waals surface area contributed by atoms with Gasteiger partial charge in [0.15, 0.2) is 0 Å². The predicted octanol–water partition coefficient (Wildman–Crippen LogP) is 2.52. The van der Waals surface area contributed by atoms with E-state index in [1.807, 2.05) is 7.05 Å². The smallest absolute Gasteiger partial charge is 0.306 e. The zero-order chi connectivity index (χ0) is 14.9. The SMILES string of the molecule is Cn1ncnc1CC1CC(C(C)(C)C)CCC1C(=O)O. The molecule has 0 radical (unpaired) electrons. The van der Waals surface area contributed by atoms with Crippen molar-refractivity contribution in [1.82, 2.24) is 14.8 Å². The first-order valence-corrected chi connectivity index (χ1v) is 7.34. The van der Waals surface area contributed by atoms with Gasteiger partial charge in [-0.15, -0.1) is 0 Å². The van der Waals surface area contributed by atoms with Gasteiger partial charge in [-0.1, -0.05) is 20.8 Å². The normalized spacial score (nSPS) is 27.5. The maximum absolute atomic E-state index is 11.5. The summed E-state index contributed by atoms with van der Waals surface area (Å²) in [6, 6.07) is 0. The molecule has 2 rings (SSSR count). The number of rotatable bonds is 3. The maximum atomic E-state index is 11.5. The summed E-state index contributed by atoms with van der Waals surface area (Å²) in [5.41, 5.74) is 0.238. The van der Waals surface area contributed by atoms with Crippen LogP contribution in [0.3, 0.4) is 0 Å². The van der Waals surface area contributed by atoms with Gasteiger partial charge in [0.25, 0.3) is 0 Å². The molecule has 3 unspecified atom stereocenters. The molecule has 1 aromatic rings. The van der Waals surface area contributed by atoms with Crippen LogP contribution in [0.25, 0.3) is 0 Å². The van der Waals surface area contributed by atoms with Crippen LogP contribution >= 0.6 is 0 Å². The van der Waals surface area contributed by atoms with Gasteiger partial charge < -0.3 is 5.11 Å². The van der Waals surface area contributed by atoms with Crippen LogP contribution in [0, 0.1) is 23.2 Å². The fraction of sp³-hybridized carbons (Fsp3) is 0.800. The standard InChI is InChI=1S/C15H25N3O2/c1-15(2,3)11-5-6-12(14(19)20)10(7-11)8-13-16-9-17-18(13)4/h9-12H,5-8H2,1-4H3,(H,19,20). The Morgan fingerprint density at radius 1 is 1.45 bits per heavy atom. The fourth-order valence-corrected chi connectivity index (χ4v) is 3.34. The highest BCUT2D eigenvalue weighted by Crippen LogP contribution is 2.43. The molecule has 0 aromatic carbocycles. The van der Waals surface area contributed by atoms with E-state index in [-0.39, 0.29) is 17.3 Å². The van der Waals surface area contributed by atoms with Crippen LogP contribution < -0.4 is 0 Å². The number of carboxylic acids is 1. The van der Waals surface area contributed by atoms with Crippen molar-refractivity contribution in [3.05, 3.63) is 12.2 Å². The van der Waals surface area contributed by atoms with E-state index in [1.54, 1.807) is 4.68 Å². The first-order chi connectivity index (χ1) is 9.29. The molecule has 0 bridgehead atoms. The zero-order valence-corrected chi connectivity index (χ0v) is 12.8. The van der Waals surface area contributed by atoms with Crippen LogP contribution in [0.4, 0.5) is 0 Å². The average Bonchev–Trinajstić information content (AvgIpc) is 2.73. The van der Waals surface area contributed by atoms with Crippen molar-refractivity contribution in [2.24, 2.45) is 30.2 Å². The van der Waals surface area contributed by atoms with Gasteiger partial charge in [-0.3, -0.25) is 9.48 Å². The zero-order valence-electron chi connectivity index (χ0n) is 12.8. The van der Waals surface area contributed by atoms with Crippen molar-refractivity contribution in [2.45, 2.75) is 46.5 Å². The molecule has 3 atom stereocenters. The summed E-state index contributed by atoms with van der Waals surface area (Å²) in [7, 11) is 1.86. The van der Waals surface area contributed by atoms with Crippen molar-refractivity contribution < 1.29 is 9.90 Å². The van der Waals surface area contributed by atoms with Crippen LogP contribution in [0.5, 0.6) is 0 Å². The lowest BCUT2D eigenvalue weighted by Crippen LogP contribution is -2.36. The third-order valence-corrected chi connectivity index (χ3v) is 4.77. The lowest BCUT2D eigenvalue weighted by Gasteiger charge is -2.40. The van der Waals surface area contributed by atoms with Crippen LogP contribution in [0.1, 0.15) is 45.9 Å². The van der Waals surface area contributed by atoms with E-state index < -0.39 is 5.97 Å². The maximum Gasteiger partial charge on any atom is 0.306 e. The van der Waals surface area contributed by atoms with Gasteiger partial charge in [-0.05, 0) is 36.5 Å². The molecule has 1 N–H and O–H groups in total. The Morgan fingerprint density at radius 2 is 2.15 bits per heavy atom. The third kappa shape index (κ3) is 3.19. The van der Waals surface area contributed by atoms with Gasteiger partial charge in [-0.2, -0.15) is 5.10 Å². The monoisotopic (exact) mass is 279 g/mol. The summed E-state index contributed by atoms with van der Waals surface area (Å²) in [5.74, 6) is 0.718. The molecule has 20 heavy (non-hydrogen) atoms. The van der Waals surface area contributed by atoms with Gasteiger partial charge in [0, 0.05) is 13.5 Å². The number of aromatic nitrogens is 3. The molecule has 112 valence electrons. The molecule has 1 aliphatic carbocycles. The number of hydrogen-bond acceptors (Lipinski definition) is 3. The Kier molecular flexibility index (Phi) is 4.16. The predicted molar refractivity (Wildman–Crippen MR) is 76.1 cm³/mol. The third-order valence-electron chi connectivity index (χ3n) is 4.77. The Morgan fingerprint density at radius 3 is 2.65 bits per heavy atom. The van der Waals surface area contributed by atoms with E-state index in [4.69, 9.17) is 0 Å². The van der Waals surface area contributed by atoms with Crippen molar-refractivity contribution >= 4 is 5.97 Å². The molecule has 0 aliphatic heterocycles. The molecule has 1 saturated carbocycles.